The van der Waals surface area contributed by atoms with Crippen molar-refractivity contribution in [2.45, 2.75) is 33.6 Å². The molecule has 0 heterocycles. The Labute approximate surface area is 111 Å². The Morgan fingerprint density at radius 3 is 2.61 bits per heavy atom. The second-order valence-electron chi connectivity index (χ2n) is 5.21. The zero-order valence-electron chi connectivity index (χ0n) is 12.1. The van der Waals surface area contributed by atoms with Crippen LogP contribution in [-0.4, -0.2) is 20.2 Å². The third kappa shape index (κ3) is 4.86. The number of anilines is 2. The van der Waals surface area contributed by atoms with E-state index in [9.17, 15) is 0 Å². The first-order valence-corrected chi connectivity index (χ1v) is 6.77. The number of benzene rings is 1. The van der Waals surface area contributed by atoms with E-state index in [4.69, 9.17) is 10.5 Å². The number of ether oxygens (including phenoxy) is 1. The van der Waals surface area contributed by atoms with Crippen molar-refractivity contribution in [1.29, 1.82) is 0 Å². The van der Waals surface area contributed by atoms with E-state index in [2.05, 4.69) is 38.8 Å². The molecule has 0 atom stereocenters. The first kappa shape index (κ1) is 14.7. The lowest BCUT2D eigenvalue weighted by Crippen LogP contribution is -2.20. The Bertz CT molecular complexity index is 364. The van der Waals surface area contributed by atoms with E-state index in [-0.39, 0.29) is 0 Å². The van der Waals surface area contributed by atoms with Crippen molar-refractivity contribution in [3.8, 4) is 5.75 Å². The maximum atomic E-state index is 5.92. The van der Waals surface area contributed by atoms with Crippen LogP contribution in [0, 0.1) is 5.92 Å². The summed E-state index contributed by atoms with van der Waals surface area (Å²) in [6, 6.07) is 5.95. The summed E-state index contributed by atoms with van der Waals surface area (Å²) in [7, 11) is 2.10. The molecule has 0 aromatic heterocycles. The number of nitrogen functional groups attached to an aromatic ring is 1. The fourth-order valence-electron chi connectivity index (χ4n) is 1.71. The highest BCUT2D eigenvalue weighted by atomic mass is 16.5. The summed E-state index contributed by atoms with van der Waals surface area (Å²) in [6.07, 6.45) is 2.18. The van der Waals surface area contributed by atoms with Crippen LogP contribution >= 0.6 is 0 Å². The lowest BCUT2D eigenvalue weighted by Gasteiger charge is -2.21. The molecule has 2 N–H and O–H groups in total. The highest BCUT2D eigenvalue weighted by molar-refractivity contribution is 5.60. The SMILES string of the molecule is CCCOc1cc(N)cc(N(C)CCC(C)C)c1. The van der Waals surface area contributed by atoms with Crippen molar-refractivity contribution in [1.82, 2.24) is 0 Å². The maximum absolute atomic E-state index is 5.92. The molecule has 1 rings (SSSR count). The predicted molar refractivity (Wildman–Crippen MR) is 79.4 cm³/mol. The molecule has 3 nitrogen and oxygen atoms in total. The van der Waals surface area contributed by atoms with Crippen molar-refractivity contribution in [3.05, 3.63) is 18.2 Å². The smallest absolute Gasteiger partial charge is 0.123 e. The Kier molecular flexibility index (Phi) is 5.83. The van der Waals surface area contributed by atoms with Crippen LogP contribution in [0.4, 0.5) is 11.4 Å². The molecule has 0 aliphatic carbocycles. The average Bonchev–Trinajstić information content (AvgIpc) is 2.32. The Morgan fingerprint density at radius 1 is 1.28 bits per heavy atom. The molecule has 3 heteroatoms. The van der Waals surface area contributed by atoms with Gasteiger partial charge in [-0.15, -0.1) is 0 Å². The molecule has 0 aliphatic rings. The monoisotopic (exact) mass is 250 g/mol. The summed E-state index contributed by atoms with van der Waals surface area (Å²) >= 11 is 0. The summed E-state index contributed by atoms with van der Waals surface area (Å²) in [6.45, 7) is 8.35. The largest absolute Gasteiger partial charge is 0.493 e. The van der Waals surface area contributed by atoms with Gasteiger partial charge in [0.25, 0.3) is 0 Å². The lowest BCUT2D eigenvalue weighted by atomic mass is 10.1. The maximum Gasteiger partial charge on any atom is 0.123 e. The van der Waals surface area contributed by atoms with Crippen LogP contribution in [0.25, 0.3) is 0 Å². The fourth-order valence-corrected chi connectivity index (χ4v) is 1.71. The molecule has 1 aromatic carbocycles. The molecular formula is C15H26N2O. The van der Waals surface area contributed by atoms with Gasteiger partial charge in [0.1, 0.15) is 5.75 Å². The van der Waals surface area contributed by atoms with E-state index in [0.29, 0.717) is 5.92 Å². The Hall–Kier alpha value is -1.38. The highest BCUT2D eigenvalue weighted by Crippen LogP contribution is 2.25. The van der Waals surface area contributed by atoms with Crippen LogP contribution in [-0.2, 0) is 0 Å². The molecule has 0 bridgehead atoms. The fraction of sp³-hybridized carbons (Fsp3) is 0.600. The Balaban J connectivity index is 2.71. The molecule has 102 valence electrons. The van der Waals surface area contributed by atoms with Gasteiger partial charge < -0.3 is 15.4 Å². The van der Waals surface area contributed by atoms with Crippen molar-refractivity contribution in [2.75, 3.05) is 30.8 Å². The van der Waals surface area contributed by atoms with Gasteiger partial charge >= 0.3 is 0 Å². The molecule has 1 aromatic rings. The standard InChI is InChI=1S/C15H26N2O/c1-5-8-18-15-10-13(16)9-14(11-15)17(4)7-6-12(2)3/h9-12H,5-8,16H2,1-4H3. The molecule has 0 saturated heterocycles. The minimum atomic E-state index is 0.712. The molecule has 0 radical (unpaired) electrons. The highest BCUT2D eigenvalue weighted by Gasteiger charge is 2.06. The molecule has 0 amide bonds. The van der Waals surface area contributed by atoms with Gasteiger partial charge in [-0.2, -0.15) is 0 Å². The van der Waals surface area contributed by atoms with Gasteiger partial charge in [0.15, 0.2) is 0 Å². The van der Waals surface area contributed by atoms with Crippen LogP contribution in [0.15, 0.2) is 18.2 Å². The first-order chi connectivity index (χ1) is 8.52. The van der Waals surface area contributed by atoms with Gasteiger partial charge in [-0.1, -0.05) is 20.8 Å². The summed E-state index contributed by atoms with van der Waals surface area (Å²) in [4.78, 5) is 2.23. The number of rotatable bonds is 7. The topological polar surface area (TPSA) is 38.5 Å². The second-order valence-corrected chi connectivity index (χ2v) is 5.21. The van der Waals surface area contributed by atoms with Crippen LogP contribution < -0.4 is 15.4 Å². The number of hydrogen-bond donors (Lipinski definition) is 1. The van der Waals surface area contributed by atoms with Gasteiger partial charge in [0.05, 0.1) is 6.61 Å². The Morgan fingerprint density at radius 2 is 2.00 bits per heavy atom. The van der Waals surface area contributed by atoms with Gasteiger partial charge in [0, 0.05) is 37.1 Å². The van der Waals surface area contributed by atoms with Crippen molar-refractivity contribution in [2.24, 2.45) is 5.92 Å². The molecule has 0 fully saturated rings. The van der Waals surface area contributed by atoms with Crippen molar-refractivity contribution < 1.29 is 4.74 Å². The van der Waals surface area contributed by atoms with E-state index in [1.54, 1.807) is 0 Å². The molecule has 0 unspecified atom stereocenters. The predicted octanol–water partition coefficient (Wildman–Crippen LogP) is 3.54. The zero-order valence-corrected chi connectivity index (χ0v) is 12.1. The summed E-state index contributed by atoms with van der Waals surface area (Å²) < 4.78 is 5.65. The third-order valence-corrected chi connectivity index (χ3v) is 2.87. The third-order valence-electron chi connectivity index (χ3n) is 2.87. The molecule has 0 saturated carbocycles. The summed E-state index contributed by atoms with van der Waals surface area (Å²) in [5.41, 5.74) is 7.80. The van der Waals surface area contributed by atoms with Gasteiger partial charge in [0.2, 0.25) is 0 Å². The van der Waals surface area contributed by atoms with Crippen LogP contribution in [0.1, 0.15) is 33.6 Å². The van der Waals surface area contributed by atoms with E-state index in [1.807, 2.05) is 12.1 Å². The van der Waals surface area contributed by atoms with Crippen LogP contribution in [0.5, 0.6) is 5.75 Å². The summed E-state index contributed by atoms with van der Waals surface area (Å²) in [5, 5.41) is 0. The number of nitrogens with two attached hydrogens (primary N) is 1. The molecular weight excluding hydrogens is 224 g/mol. The van der Waals surface area contributed by atoms with Crippen molar-refractivity contribution in [3.63, 3.8) is 0 Å². The first-order valence-electron chi connectivity index (χ1n) is 6.77. The normalized spacial score (nSPS) is 10.7. The average molecular weight is 250 g/mol. The van der Waals surface area contributed by atoms with Crippen molar-refractivity contribution >= 4 is 11.4 Å². The molecule has 0 aliphatic heterocycles. The van der Waals surface area contributed by atoms with Crippen LogP contribution in [0.2, 0.25) is 0 Å². The van der Waals surface area contributed by atoms with E-state index in [0.717, 1.165) is 36.7 Å². The van der Waals surface area contributed by atoms with Gasteiger partial charge in [-0.3, -0.25) is 0 Å². The van der Waals surface area contributed by atoms with Gasteiger partial charge in [-0.25, -0.2) is 0 Å². The van der Waals surface area contributed by atoms with E-state index < -0.39 is 0 Å². The second kappa shape index (κ2) is 7.14. The molecule has 0 spiro atoms. The minimum absolute atomic E-state index is 0.712. The van der Waals surface area contributed by atoms with E-state index >= 15 is 0 Å². The van der Waals surface area contributed by atoms with E-state index in [1.165, 1.54) is 6.42 Å². The molecule has 18 heavy (non-hydrogen) atoms. The van der Waals surface area contributed by atoms with Gasteiger partial charge in [-0.05, 0) is 24.8 Å². The number of nitrogens with zero attached hydrogens (tertiary/aromatic N) is 1. The lowest BCUT2D eigenvalue weighted by molar-refractivity contribution is 0.317. The number of hydrogen-bond acceptors (Lipinski definition) is 3. The summed E-state index contributed by atoms with van der Waals surface area (Å²) in [5.74, 6) is 1.58. The van der Waals surface area contributed by atoms with Crippen LogP contribution in [0.3, 0.4) is 0 Å². The quantitative estimate of drug-likeness (QED) is 0.752. The minimum Gasteiger partial charge on any atom is -0.493 e. The zero-order chi connectivity index (χ0) is 13.5.